The Morgan fingerprint density at radius 3 is 2.61 bits per heavy atom. The minimum atomic E-state index is -3.69. The van der Waals surface area contributed by atoms with Gasteiger partial charge in [0.1, 0.15) is 5.75 Å². The summed E-state index contributed by atoms with van der Waals surface area (Å²) in [6, 6.07) is 10.1. The normalized spacial score (nSPS) is 25.4. The largest absolute Gasteiger partial charge is 0.497 e. The summed E-state index contributed by atoms with van der Waals surface area (Å²) in [5, 5.41) is 1.99. The van der Waals surface area contributed by atoms with E-state index in [9.17, 15) is 8.42 Å². The van der Waals surface area contributed by atoms with Crippen LogP contribution in [-0.4, -0.2) is 32.7 Å². The maximum absolute atomic E-state index is 13.5. The van der Waals surface area contributed by atoms with Gasteiger partial charge in [-0.2, -0.15) is 4.31 Å². The Bertz CT molecular complexity index is 1080. The first-order valence-corrected chi connectivity index (χ1v) is 11.2. The number of benzene rings is 2. The van der Waals surface area contributed by atoms with E-state index in [1.807, 2.05) is 23.6 Å². The topological polar surface area (TPSA) is 65.1 Å². The third-order valence-electron chi connectivity index (χ3n) is 5.57. The highest BCUT2D eigenvalue weighted by Gasteiger charge is 2.50. The van der Waals surface area contributed by atoms with Crippen molar-refractivity contribution < 1.29 is 22.6 Å². The molecule has 2 unspecified atom stereocenters. The molecule has 0 aromatic heterocycles. The average Bonchev–Trinajstić information content (AvgIpc) is 3.32. The van der Waals surface area contributed by atoms with Crippen molar-refractivity contribution in [2.24, 2.45) is 0 Å². The van der Waals surface area contributed by atoms with Crippen molar-refractivity contribution in [3.63, 3.8) is 0 Å². The van der Waals surface area contributed by atoms with E-state index in [0.717, 1.165) is 16.9 Å². The molecule has 2 aromatic rings. The molecular formula is C20H19NO5S2. The SMILES string of the molecule is COc1ccc(S(=O)(=O)N2Cc3cc4c(cc3C3(C)SC=CC23)OCO4)cc1. The fraction of sp³-hybridized carbons (Fsp3) is 0.300. The highest BCUT2D eigenvalue weighted by molar-refractivity contribution is 8.03. The molecule has 28 heavy (non-hydrogen) atoms. The molecule has 3 aliphatic heterocycles. The molecule has 3 heterocycles. The van der Waals surface area contributed by atoms with E-state index < -0.39 is 14.8 Å². The Labute approximate surface area is 168 Å². The number of methoxy groups -OCH3 is 1. The Balaban J connectivity index is 1.62. The summed E-state index contributed by atoms with van der Waals surface area (Å²) in [4.78, 5) is 0.255. The minimum Gasteiger partial charge on any atom is -0.497 e. The van der Waals surface area contributed by atoms with E-state index >= 15 is 0 Å². The molecule has 8 heteroatoms. The van der Waals surface area contributed by atoms with Gasteiger partial charge in [0.25, 0.3) is 0 Å². The zero-order valence-corrected chi connectivity index (χ0v) is 17.0. The summed E-state index contributed by atoms with van der Waals surface area (Å²) >= 11 is 1.63. The predicted octanol–water partition coefficient (Wildman–Crippen LogP) is 3.47. The second kappa shape index (κ2) is 6.17. The molecule has 3 aliphatic rings. The molecule has 0 N–H and O–H groups in total. The standard InChI is InChI=1S/C20H19NO5S2/c1-20-16-10-18-17(25-12-26-18)9-13(16)11-21(19(20)7-8-27-20)28(22,23)15-5-3-14(24-2)4-6-15/h3-10,19H,11-12H2,1-2H3. The predicted molar refractivity (Wildman–Crippen MR) is 106 cm³/mol. The fourth-order valence-corrected chi connectivity index (χ4v) is 6.94. The summed E-state index contributed by atoms with van der Waals surface area (Å²) in [6.07, 6.45) is 1.97. The highest BCUT2D eigenvalue weighted by Crippen LogP contribution is 2.54. The number of hydrogen-bond donors (Lipinski definition) is 0. The molecule has 0 fully saturated rings. The number of nitrogens with zero attached hydrogens (tertiary/aromatic N) is 1. The molecule has 146 valence electrons. The lowest BCUT2D eigenvalue weighted by Gasteiger charge is -2.43. The molecular weight excluding hydrogens is 398 g/mol. The molecule has 0 amide bonds. The number of sulfonamides is 1. The van der Waals surface area contributed by atoms with Crippen LogP contribution in [0.15, 0.2) is 52.8 Å². The van der Waals surface area contributed by atoms with E-state index in [-0.39, 0.29) is 24.3 Å². The van der Waals surface area contributed by atoms with Gasteiger partial charge in [-0.15, -0.1) is 11.8 Å². The van der Waals surface area contributed by atoms with Gasteiger partial charge in [-0.25, -0.2) is 8.42 Å². The van der Waals surface area contributed by atoms with Crippen molar-refractivity contribution in [2.45, 2.75) is 29.2 Å². The second-order valence-corrected chi connectivity index (χ2v) is 10.3. The Morgan fingerprint density at radius 2 is 1.89 bits per heavy atom. The van der Waals surface area contributed by atoms with Gasteiger partial charge in [0.05, 0.1) is 22.8 Å². The minimum absolute atomic E-state index is 0.192. The molecule has 0 saturated carbocycles. The Hall–Kier alpha value is -2.16. The van der Waals surface area contributed by atoms with Gasteiger partial charge >= 0.3 is 0 Å². The van der Waals surface area contributed by atoms with Gasteiger partial charge in [0, 0.05) is 6.54 Å². The lowest BCUT2D eigenvalue weighted by atomic mass is 9.85. The third kappa shape index (κ3) is 2.48. The molecule has 0 radical (unpaired) electrons. The van der Waals surface area contributed by atoms with Crippen molar-refractivity contribution >= 4 is 21.8 Å². The quantitative estimate of drug-likeness (QED) is 0.762. The van der Waals surface area contributed by atoms with Gasteiger partial charge in [-0.3, -0.25) is 0 Å². The van der Waals surface area contributed by atoms with Crippen LogP contribution in [0.5, 0.6) is 17.2 Å². The maximum atomic E-state index is 13.5. The van der Waals surface area contributed by atoms with Crippen LogP contribution in [0.2, 0.25) is 0 Å². The molecule has 5 rings (SSSR count). The zero-order valence-electron chi connectivity index (χ0n) is 15.4. The monoisotopic (exact) mass is 417 g/mol. The van der Waals surface area contributed by atoms with Gasteiger partial charge < -0.3 is 14.2 Å². The van der Waals surface area contributed by atoms with Gasteiger partial charge in [-0.1, -0.05) is 6.08 Å². The van der Waals surface area contributed by atoms with Crippen molar-refractivity contribution in [3.8, 4) is 17.2 Å². The van der Waals surface area contributed by atoms with Gasteiger partial charge in [0.2, 0.25) is 16.8 Å². The van der Waals surface area contributed by atoms with Crippen LogP contribution in [0.25, 0.3) is 0 Å². The first-order chi connectivity index (χ1) is 13.4. The molecule has 2 aromatic carbocycles. The summed E-state index contributed by atoms with van der Waals surface area (Å²) in [6.45, 7) is 2.56. The van der Waals surface area contributed by atoms with Crippen LogP contribution >= 0.6 is 11.8 Å². The number of thioether (sulfide) groups is 1. The first kappa shape index (κ1) is 17.9. The number of fused-ring (bicyclic) bond motifs is 4. The van der Waals surface area contributed by atoms with Gasteiger partial charge in [-0.05, 0) is 59.9 Å². The third-order valence-corrected chi connectivity index (χ3v) is 8.66. The van der Waals surface area contributed by atoms with E-state index in [4.69, 9.17) is 14.2 Å². The van der Waals surface area contributed by atoms with Crippen LogP contribution in [0.4, 0.5) is 0 Å². The number of hydrogen-bond acceptors (Lipinski definition) is 6. The molecule has 0 aliphatic carbocycles. The smallest absolute Gasteiger partial charge is 0.243 e. The summed E-state index contributed by atoms with van der Waals surface area (Å²) in [5.74, 6) is 2.01. The summed E-state index contributed by atoms with van der Waals surface area (Å²) < 4.78 is 44.4. The lowest BCUT2D eigenvalue weighted by molar-refractivity contribution is 0.174. The molecule has 0 bridgehead atoms. The highest BCUT2D eigenvalue weighted by atomic mass is 32.2. The van der Waals surface area contributed by atoms with E-state index in [2.05, 4.69) is 6.92 Å². The van der Waals surface area contributed by atoms with Crippen molar-refractivity contribution in [1.29, 1.82) is 0 Å². The Kier molecular flexibility index (Phi) is 3.94. The van der Waals surface area contributed by atoms with Crippen LogP contribution in [0.3, 0.4) is 0 Å². The first-order valence-electron chi connectivity index (χ1n) is 8.87. The molecule has 0 spiro atoms. The van der Waals surface area contributed by atoms with Crippen molar-refractivity contribution in [1.82, 2.24) is 4.31 Å². The lowest BCUT2D eigenvalue weighted by Crippen LogP contribution is -2.50. The molecule has 0 saturated heterocycles. The zero-order chi connectivity index (χ0) is 19.5. The van der Waals surface area contributed by atoms with Gasteiger partial charge in [0.15, 0.2) is 11.5 Å². The van der Waals surface area contributed by atoms with Crippen LogP contribution in [0.1, 0.15) is 18.1 Å². The molecule has 6 nitrogen and oxygen atoms in total. The maximum Gasteiger partial charge on any atom is 0.243 e. The average molecular weight is 418 g/mol. The number of ether oxygens (including phenoxy) is 3. The van der Waals surface area contributed by atoms with E-state index in [0.29, 0.717) is 11.5 Å². The number of rotatable bonds is 3. The molecule has 2 atom stereocenters. The summed E-state index contributed by atoms with van der Waals surface area (Å²) in [7, 11) is -2.14. The van der Waals surface area contributed by atoms with Crippen molar-refractivity contribution in [2.75, 3.05) is 13.9 Å². The van der Waals surface area contributed by atoms with E-state index in [1.54, 1.807) is 47.4 Å². The Morgan fingerprint density at radius 1 is 1.18 bits per heavy atom. The van der Waals surface area contributed by atoms with Crippen molar-refractivity contribution in [3.05, 3.63) is 59.0 Å². The van der Waals surface area contributed by atoms with Crippen LogP contribution in [-0.2, 0) is 21.3 Å². The fourth-order valence-electron chi connectivity index (χ4n) is 4.06. The summed E-state index contributed by atoms with van der Waals surface area (Å²) in [5.41, 5.74) is 2.04. The van der Waals surface area contributed by atoms with Crippen LogP contribution < -0.4 is 14.2 Å². The van der Waals surface area contributed by atoms with Crippen LogP contribution in [0, 0.1) is 0 Å². The second-order valence-electron chi connectivity index (χ2n) is 7.09. The van der Waals surface area contributed by atoms with E-state index in [1.165, 1.54) is 0 Å².